The van der Waals surface area contributed by atoms with Crippen LogP contribution in [-0.4, -0.2) is 38.2 Å². The molecule has 0 saturated heterocycles. The molecule has 3 aliphatic rings. The number of ether oxygens (including phenoxy) is 1. The van der Waals surface area contributed by atoms with Gasteiger partial charge in [0.05, 0.1) is 6.10 Å². The van der Waals surface area contributed by atoms with Crippen LogP contribution >= 0.6 is 0 Å². The molecule has 0 radical (unpaired) electrons. The van der Waals surface area contributed by atoms with Gasteiger partial charge in [-0.25, -0.2) is 0 Å². The first-order valence-electron chi connectivity index (χ1n) is 12.8. The van der Waals surface area contributed by atoms with Crippen molar-refractivity contribution in [2.75, 3.05) is 6.61 Å². The van der Waals surface area contributed by atoms with E-state index in [1.807, 2.05) is 0 Å². The van der Waals surface area contributed by atoms with Crippen LogP contribution in [0.1, 0.15) is 86.5 Å². The summed E-state index contributed by atoms with van der Waals surface area (Å²) in [5.74, 6) is 0.756. The average molecular weight is 465 g/mol. The van der Waals surface area contributed by atoms with Crippen LogP contribution in [0.3, 0.4) is 0 Å². The monoisotopic (exact) mass is 464 g/mol. The molecule has 0 amide bonds. The molecule has 7 atom stereocenters. The van der Waals surface area contributed by atoms with E-state index in [2.05, 4.69) is 54.3 Å². The minimum atomic E-state index is -1.89. The highest BCUT2D eigenvalue weighted by molar-refractivity contribution is 6.74. The van der Waals surface area contributed by atoms with Crippen molar-refractivity contribution in [3.8, 4) is 0 Å². The van der Waals surface area contributed by atoms with Crippen molar-refractivity contribution in [3.05, 3.63) is 12.2 Å². The van der Waals surface area contributed by atoms with E-state index in [9.17, 15) is 9.90 Å². The average Bonchev–Trinajstić information content (AvgIpc) is 2.97. The topological polar surface area (TPSA) is 55.8 Å². The number of aliphatic hydroxyl groups excluding tert-OH is 1. The number of carbonyl (C=O) groups is 1. The maximum Gasteiger partial charge on any atom is 0.302 e. The largest absolute Gasteiger partial charge is 0.462 e. The third kappa shape index (κ3) is 4.63. The summed E-state index contributed by atoms with van der Waals surface area (Å²) >= 11 is 0. The molecule has 1 N–H and O–H groups in total. The van der Waals surface area contributed by atoms with Crippen LogP contribution in [0.2, 0.25) is 18.1 Å². The minimum Gasteiger partial charge on any atom is -0.462 e. The number of carbonyl (C=O) groups excluding carboxylic acids is 1. The summed E-state index contributed by atoms with van der Waals surface area (Å²) in [6, 6.07) is 0. The molecule has 0 spiro atoms. The fourth-order valence-corrected chi connectivity index (χ4v) is 7.77. The molecule has 3 fully saturated rings. The van der Waals surface area contributed by atoms with Crippen LogP contribution in [0.25, 0.3) is 0 Å². The van der Waals surface area contributed by atoms with E-state index in [1.54, 1.807) is 6.92 Å². The van der Waals surface area contributed by atoms with E-state index >= 15 is 0 Å². The third-order valence-corrected chi connectivity index (χ3v) is 14.8. The Morgan fingerprint density at radius 3 is 2.41 bits per heavy atom. The summed E-state index contributed by atoms with van der Waals surface area (Å²) in [5, 5.41) is 10.8. The second-order valence-electron chi connectivity index (χ2n) is 13.1. The number of hydrogen-bond donors (Lipinski definition) is 1. The molecule has 0 aliphatic heterocycles. The normalized spacial score (nSPS) is 40.8. The number of aliphatic hydroxyl groups is 1. The van der Waals surface area contributed by atoms with Crippen molar-refractivity contribution in [1.29, 1.82) is 0 Å². The van der Waals surface area contributed by atoms with Gasteiger partial charge in [0.2, 0.25) is 0 Å². The summed E-state index contributed by atoms with van der Waals surface area (Å²) in [4.78, 5) is 12.2. The van der Waals surface area contributed by atoms with Crippen molar-refractivity contribution in [2.24, 2.45) is 28.6 Å². The molecule has 184 valence electrons. The molecular weight excluding hydrogens is 416 g/mol. The summed E-state index contributed by atoms with van der Waals surface area (Å²) in [5.41, 5.74) is 1.40. The zero-order valence-electron chi connectivity index (χ0n) is 21.9. The summed E-state index contributed by atoms with van der Waals surface area (Å²) < 4.78 is 12.9. The molecule has 0 heterocycles. The van der Waals surface area contributed by atoms with Gasteiger partial charge in [-0.3, -0.25) is 4.79 Å². The van der Waals surface area contributed by atoms with E-state index < -0.39 is 8.32 Å². The first-order chi connectivity index (χ1) is 14.6. The van der Waals surface area contributed by atoms with Gasteiger partial charge in [-0.15, -0.1) is 0 Å². The predicted molar refractivity (Wildman–Crippen MR) is 133 cm³/mol. The molecule has 0 aromatic rings. The standard InChI is InChI=1S/C27H48O4Si/c1-18-10-11-22-24(31-19(2)28)23(13-15-26(18,22)6)27(7)14-12-21(29)16-20(27)17-30-32(8,9)25(3,4)5/h20-24,29H,1,10-17H2,2-9H3/t20-,21+,22?,23?,24+,26-,27+/m1/s1. The van der Waals surface area contributed by atoms with Crippen molar-refractivity contribution in [3.63, 3.8) is 0 Å². The van der Waals surface area contributed by atoms with Crippen molar-refractivity contribution in [2.45, 2.75) is 117 Å². The van der Waals surface area contributed by atoms with Gasteiger partial charge in [0.1, 0.15) is 6.10 Å². The smallest absolute Gasteiger partial charge is 0.302 e. The Morgan fingerprint density at radius 2 is 1.81 bits per heavy atom. The zero-order valence-corrected chi connectivity index (χ0v) is 22.9. The lowest BCUT2D eigenvalue weighted by Crippen LogP contribution is -2.55. The number of allylic oxidation sites excluding steroid dienone is 1. The SMILES string of the molecule is C=C1CCC2[C@H](OC(C)=O)C([C@@]3(C)CC[C@H](O)C[C@@H]3CO[Si](C)(C)C(C)(C)C)CC[C@]12C. The van der Waals surface area contributed by atoms with Crippen LogP contribution in [0, 0.1) is 28.6 Å². The predicted octanol–water partition coefficient (Wildman–Crippen LogP) is 6.49. The maximum absolute atomic E-state index is 12.2. The van der Waals surface area contributed by atoms with Gasteiger partial charge in [-0.1, -0.05) is 46.8 Å². The van der Waals surface area contributed by atoms with Crippen LogP contribution in [0.5, 0.6) is 0 Å². The second kappa shape index (κ2) is 8.85. The molecule has 0 aromatic heterocycles. The van der Waals surface area contributed by atoms with Crippen LogP contribution in [-0.2, 0) is 14.0 Å². The molecule has 2 unspecified atom stereocenters. The molecule has 0 bridgehead atoms. The Balaban J connectivity index is 1.90. The summed E-state index contributed by atoms with van der Waals surface area (Å²) in [6.07, 6.45) is 6.51. The molecule has 3 rings (SSSR count). The first kappa shape index (κ1) is 26.0. The third-order valence-electron chi connectivity index (χ3n) is 10.3. The maximum atomic E-state index is 12.2. The highest BCUT2D eigenvalue weighted by Crippen LogP contribution is 2.62. The molecular formula is C27H48O4Si. The molecule has 3 saturated carbocycles. The van der Waals surface area contributed by atoms with Crippen LogP contribution in [0.15, 0.2) is 12.2 Å². The Labute approximate surface area is 197 Å². The quantitative estimate of drug-likeness (QED) is 0.287. The number of hydrogen-bond acceptors (Lipinski definition) is 4. The van der Waals surface area contributed by atoms with Gasteiger partial charge in [-0.2, -0.15) is 0 Å². The Bertz CT molecular complexity index is 726. The van der Waals surface area contributed by atoms with Gasteiger partial charge in [0.25, 0.3) is 0 Å². The lowest BCUT2D eigenvalue weighted by molar-refractivity contribution is -0.174. The molecule has 5 heteroatoms. The molecule has 3 aliphatic carbocycles. The first-order valence-corrected chi connectivity index (χ1v) is 15.7. The minimum absolute atomic E-state index is 0.00698. The van der Waals surface area contributed by atoms with Gasteiger partial charge in [-0.05, 0) is 79.8 Å². The number of esters is 1. The van der Waals surface area contributed by atoms with Crippen molar-refractivity contribution < 1.29 is 19.1 Å². The van der Waals surface area contributed by atoms with E-state index in [1.165, 1.54) is 5.57 Å². The van der Waals surface area contributed by atoms with E-state index in [-0.39, 0.29) is 40.0 Å². The number of fused-ring (bicyclic) bond motifs is 1. The van der Waals surface area contributed by atoms with E-state index in [4.69, 9.17) is 9.16 Å². The summed E-state index contributed by atoms with van der Waals surface area (Å²) in [7, 11) is -1.89. The zero-order chi connectivity index (χ0) is 24.1. The highest BCUT2D eigenvalue weighted by atomic mass is 28.4. The Hall–Kier alpha value is -0.653. The van der Waals surface area contributed by atoms with Crippen molar-refractivity contribution >= 4 is 14.3 Å². The van der Waals surface area contributed by atoms with E-state index in [0.29, 0.717) is 18.4 Å². The van der Waals surface area contributed by atoms with Gasteiger partial charge < -0.3 is 14.3 Å². The Kier molecular flexibility index (Phi) is 7.18. The Morgan fingerprint density at radius 1 is 1.16 bits per heavy atom. The lowest BCUT2D eigenvalue weighted by Gasteiger charge is -2.56. The van der Waals surface area contributed by atoms with Gasteiger partial charge in [0, 0.05) is 25.4 Å². The molecule has 32 heavy (non-hydrogen) atoms. The fourth-order valence-electron chi connectivity index (χ4n) is 6.72. The highest BCUT2D eigenvalue weighted by Gasteiger charge is 2.58. The van der Waals surface area contributed by atoms with Crippen LogP contribution < -0.4 is 0 Å². The molecule has 0 aromatic carbocycles. The summed E-state index contributed by atoms with van der Waals surface area (Å²) in [6.45, 7) is 22.8. The second-order valence-corrected chi connectivity index (χ2v) is 17.9. The van der Waals surface area contributed by atoms with E-state index in [0.717, 1.165) is 44.9 Å². The van der Waals surface area contributed by atoms with Gasteiger partial charge >= 0.3 is 5.97 Å². The van der Waals surface area contributed by atoms with Crippen LogP contribution in [0.4, 0.5) is 0 Å². The van der Waals surface area contributed by atoms with Crippen molar-refractivity contribution in [1.82, 2.24) is 0 Å². The fraction of sp³-hybridized carbons (Fsp3) is 0.889. The lowest BCUT2D eigenvalue weighted by atomic mass is 9.52. The number of rotatable bonds is 5. The van der Waals surface area contributed by atoms with Gasteiger partial charge in [0.15, 0.2) is 8.32 Å². The molecule has 4 nitrogen and oxygen atoms in total.